The molecule has 0 bridgehead atoms. The topological polar surface area (TPSA) is 29.3 Å². The summed E-state index contributed by atoms with van der Waals surface area (Å²) in [5.41, 5.74) is 5.65. The van der Waals surface area contributed by atoms with Gasteiger partial charge in [-0.1, -0.05) is 18.6 Å². The van der Waals surface area contributed by atoms with Crippen LogP contribution < -0.4 is 5.73 Å². The van der Waals surface area contributed by atoms with Gasteiger partial charge in [0.05, 0.1) is 12.8 Å². The minimum atomic E-state index is -0.445. The molecule has 15 heavy (non-hydrogen) atoms. The fourth-order valence-corrected chi connectivity index (χ4v) is 3.33. The lowest BCUT2D eigenvalue weighted by Gasteiger charge is -2.41. The molecule has 1 saturated carbocycles. The van der Waals surface area contributed by atoms with Gasteiger partial charge in [0.25, 0.3) is 0 Å². The largest absolute Gasteiger partial charge is 0.366 e. The Morgan fingerprint density at radius 1 is 1.53 bits per heavy atom. The predicted octanol–water partition coefficient (Wildman–Crippen LogP) is 1.42. The number of nitrogens with zero attached hydrogens (tertiary/aromatic N) is 1. The minimum Gasteiger partial charge on any atom is -0.366 e. The number of hydrogen-bond donors (Lipinski definition) is 1. The molecule has 2 fully saturated rings. The van der Waals surface area contributed by atoms with Crippen LogP contribution in [0.3, 0.4) is 0 Å². The average Bonchev–Trinajstić information content (AvgIpc) is 2.30. The summed E-state index contributed by atoms with van der Waals surface area (Å²) in [6.45, 7) is 0. The SMILES string of the molecule is [B]C1(N)CCCC2C(CCC(=S)N2C)C1. The summed E-state index contributed by atoms with van der Waals surface area (Å²) < 4.78 is 0. The summed E-state index contributed by atoms with van der Waals surface area (Å²) in [6.07, 6.45) is 6.41. The Morgan fingerprint density at radius 2 is 2.27 bits per heavy atom. The summed E-state index contributed by atoms with van der Waals surface area (Å²) in [5, 5.41) is 0. The van der Waals surface area contributed by atoms with Crippen molar-refractivity contribution in [3.63, 3.8) is 0 Å². The van der Waals surface area contributed by atoms with Crippen LogP contribution in [0.5, 0.6) is 0 Å². The van der Waals surface area contributed by atoms with Crippen LogP contribution in [0.2, 0.25) is 0 Å². The van der Waals surface area contributed by atoms with E-state index in [1.54, 1.807) is 0 Å². The van der Waals surface area contributed by atoms with E-state index in [2.05, 4.69) is 11.9 Å². The van der Waals surface area contributed by atoms with E-state index in [1.165, 1.54) is 12.8 Å². The molecule has 0 aromatic rings. The monoisotopic (exact) mass is 222 g/mol. The maximum absolute atomic E-state index is 6.09. The molecule has 0 spiro atoms. The molecule has 2 nitrogen and oxygen atoms in total. The Bertz CT molecular complexity index is 267. The third-order valence-corrected chi connectivity index (χ3v) is 4.44. The molecule has 1 aliphatic heterocycles. The number of hydrogen-bond acceptors (Lipinski definition) is 2. The van der Waals surface area contributed by atoms with Gasteiger partial charge >= 0.3 is 0 Å². The van der Waals surface area contributed by atoms with Crippen LogP contribution in [-0.2, 0) is 0 Å². The molecule has 1 heterocycles. The maximum Gasteiger partial charge on any atom is 0.0950 e. The van der Waals surface area contributed by atoms with Crippen LogP contribution in [0.25, 0.3) is 0 Å². The van der Waals surface area contributed by atoms with E-state index in [0.717, 1.165) is 30.7 Å². The van der Waals surface area contributed by atoms with Gasteiger partial charge in [0, 0.05) is 13.1 Å². The zero-order valence-electron chi connectivity index (χ0n) is 9.41. The van der Waals surface area contributed by atoms with Crippen molar-refractivity contribution < 1.29 is 0 Å². The van der Waals surface area contributed by atoms with Crippen molar-refractivity contribution in [1.29, 1.82) is 0 Å². The zero-order valence-corrected chi connectivity index (χ0v) is 10.2. The number of nitrogens with two attached hydrogens (primary N) is 1. The highest BCUT2D eigenvalue weighted by Crippen LogP contribution is 2.36. The minimum absolute atomic E-state index is 0.445. The normalized spacial score (nSPS) is 42.3. The highest BCUT2D eigenvalue weighted by Gasteiger charge is 2.37. The van der Waals surface area contributed by atoms with Crippen molar-refractivity contribution in [2.75, 3.05) is 7.05 Å². The lowest BCUT2D eigenvalue weighted by Crippen LogP contribution is -2.48. The first-order valence-electron chi connectivity index (χ1n) is 5.83. The predicted molar refractivity (Wildman–Crippen MR) is 68.0 cm³/mol. The van der Waals surface area contributed by atoms with Crippen molar-refractivity contribution in [3.05, 3.63) is 0 Å². The summed E-state index contributed by atoms with van der Waals surface area (Å²) in [4.78, 5) is 3.39. The van der Waals surface area contributed by atoms with E-state index in [-0.39, 0.29) is 0 Å². The van der Waals surface area contributed by atoms with Crippen molar-refractivity contribution in [3.8, 4) is 0 Å². The molecule has 0 aromatic carbocycles. The van der Waals surface area contributed by atoms with Gasteiger partial charge in [-0.15, -0.1) is 0 Å². The second-order valence-electron chi connectivity index (χ2n) is 5.20. The Hall–Kier alpha value is -0.0851. The molecule has 1 saturated heterocycles. The average molecular weight is 222 g/mol. The highest BCUT2D eigenvalue weighted by molar-refractivity contribution is 7.80. The second kappa shape index (κ2) is 4.06. The van der Waals surface area contributed by atoms with Gasteiger partial charge in [0.1, 0.15) is 0 Å². The van der Waals surface area contributed by atoms with Gasteiger partial charge in [-0.05, 0) is 43.5 Å². The number of likely N-dealkylation sites (tertiary alicyclic amines) is 1. The van der Waals surface area contributed by atoms with Gasteiger partial charge in [-0.25, -0.2) is 0 Å². The van der Waals surface area contributed by atoms with E-state index < -0.39 is 5.44 Å². The van der Waals surface area contributed by atoms with Crippen LogP contribution in [0, 0.1) is 5.92 Å². The Morgan fingerprint density at radius 3 is 3.00 bits per heavy atom. The smallest absolute Gasteiger partial charge is 0.0950 e. The standard InChI is InChI=1S/C11H19BN2S/c1-14-9-3-2-6-11(12,13)7-8(9)4-5-10(14)15/h8-9H,2-7,13H2,1H3. The molecule has 4 heteroatoms. The molecule has 2 radical (unpaired) electrons. The third kappa shape index (κ3) is 2.36. The van der Waals surface area contributed by atoms with E-state index >= 15 is 0 Å². The Labute approximate surface area is 99.0 Å². The first-order chi connectivity index (χ1) is 6.99. The lowest BCUT2D eigenvalue weighted by atomic mass is 9.69. The highest BCUT2D eigenvalue weighted by atomic mass is 32.1. The first-order valence-corrected chi connectivity index (χ1v) is 6.24. The molecule has 0 aromatic heterocycles. The van der Waals surface area contributed by atoms with Crippen molar-refractivity contribution in [2.45, 2.75) is 50.0 Å². The van der Waals surface area contributed by atoms with E-state index in [1.807, 2.05) is 0 Å². The van der Waals surface area contributed by atoms with E-state index in [0.29, 0.717) is 12.0 Å². The van der Waals surface area contributed by atoms with Gasteiger partial charge in [0.15, 0.2) is 0 Å². The zero-order chi connectivity index (χ0) is 11.1. The van der Waals surface area contributed by atoms with Crippen LogP contribution >= 0.6 is 12.2 Å². The molecular weight excluding hydrogens is 203 g/mol. The molecule has 2 aliphatic rings. The Balaban J connectivity index is 2.13. The third-order valence-electron chi connectivity index (χ3n) is 3.95. The van der Waals surface area contributed by atoms with Gasteiger partial charge < -0.3 is 10.6 Å². The van der Waals surface area contributed by atoms with Gasteiger partial charge in [0.2, 0.25) is 0 Å². The fourth-order valence-electron chi connectivity index (χ4n) is 3.08. The molecule has 3 unspecified atom stereocenters. The molecule has 1 aliphatic carbocycles. The van der Waals surface area contributed by atoms with E-state index in [9.17, 15) is 0 Å². The van der Waals surface area contributed by atoms with Gasteiger partial charge in [-0.3, -0.25) is 0 Å². The number of thiocarbonyl (C=S) groups is 1. The fraction of sp³-hybridized carbons (Fsp3) is 0.909. The quantitative estimate of drug-likeness (QED) is 0.496. The second-order valence-corrected chi connectivity index (χ2v) is 5.67. The van der Waals surface area contributed by atoms with Crippen LogP contribution in [-0.4, -0.2) is 36.3 Å². The van der Waals surface area contributed by atoms with Crippen molar-refractivity contribution in [2.24, 2.45) is 11.7 Å². The first kappa shape index (κ1) is 11.4. The number of rotatable bonds is 0. The maximum atomic E-state index is 6.09. The Kier molecular flexibility index (Phi) is 3.08. The van der Waals surface area contributed by atoms with Crippen molar-refractivity contribution in [1.82, 2.24) is 4.90 Å². The van der Waals surface area contributed by atoms with Crippen LogP contribution in [0.15, 0.2) is 0 Å². The summed E-state index contributed by atoms with van der Waals surface area (Å²) >= 11 is 5.36. The number of fused-ring (bicyclic) bond motifs is 1. The summed E-state index contributed by atoms with van der Waals surface area (Å²) in [6, 6.07) is 0.584. The molecular formula is C11H19BN2S. The molecule has 2 rings (SSSR count). The summed E-state index contributed by atoms with van der Waals surface area (Å²) in [5.74, 6) is 0.638. The number of piperidine rings is 1. The van der Waals surface area contributed by atoms with Crippen LogP contribution in [0.4, 0.5) is 0 Å². The van der Waals surface area contributed by atoms with Crippen molar-refractivity contribution >= 4 is 25.1 Å². The van der Waals surface area contributed by atoms with Gasteiger partial charge in [-0.2, -0.15) is 0 Å². The summed E-state index contributed by atoms with van der Waals surface area (Å²) in [7, 11) is 8.22. The molecule has 2 N–H and O–H groups in total. The lowest BCUT2D eigenvalue weighted by molar-refractivity contribution is 0.202. The molecule has 3 atom stereocenters. The molecule has 82 valence electrons. The van der Waals surface area contributed by atoms with E-state index in [4.69, 9.17) is 25.8 Å². The van der Waals surface area contributed by atoms with Crippen LogP contribution in [0.1, 0.15) is 38.5 Å². The molecule has 0 amide bonds.